The lowest BCUT2D eigenvalue weighted by Gasteiger charge is -2.09. The summed E-state index contributed by atoms with van der Waals surface area (Å²) in [6.07, 6.45) is 1.22. The van der Waals surface area contributed by atoms with E-state index in [0.29, 0.717) is 0 Å². The monoisotopic (exact) mass is 202 g/mol. The molecule has 0 aromatic heterocycles. The molecule has 1 aliphatic heterocycles. The van der Waals surface area contributed by atoms with Crippen molar-refractivity contribution in [3.63, 3.8) is 0 Å². The third-order valence-corrected chi connectivity index (χ3v) is 2.95. The molecule has 6 heteroatoms. The molecule has 0 fully saturated rings. The van der Waals surface area contributed by atoms with Crippen molar-refractivity contribution < 1.29 is 13.2 Å². The van der Waals surface area contributed by atoms with E-state index in [9.17, 15) is 13.2 Å². The van der Waals surface area contributed by atoms with Gasteiger partial charge in [-0.2, -0.15) is 0 Å². The van der Waals surface area contributed by atoms with E-state index < -0.39 is 15.7 Å². The van der Waals surface area contributed by atoms with Crippen LogP contribution in [0.25, 0.3) is 0 Å². The van der Waals surface area contributed by atoms with Crippen LogP contribution in [-0.4, -0.2) is 33.3 Å². The highest BCUT2D eigenvalue weighted by molar-refractivity contribution is 7.98. The van der Waals surface area contributed by atoms with Crippen molar-refractivity contribution >= 4 is 15.7 Å². The number of nitrogens with zero attached hydrogens (tertiary/aromatic N) is 1. The van der Waals surface area contributed by atoms with Crippen LogP contribution in [0, 0.1) is 0 Å². The van der Waals surface area contributed by atoms with Crippen LogP contribution in [0.1, 0.15) is 0 Å². The maximum atomic E-state index is 11.3. The quantitative estimate of drug-likeness (QED) is 0.603. The average molecular weight is 202 g/mol. The van der Waals surface area contributed by atoms with Crippen LogP contribution in [0.2, 0.25) is 0 Å². The number of amides is 1. The Morgan fingerprint density at radius 1 is 1.46 bits per heavy atom. The highest BCUT2D eigenvalue weighted by Gasteiger charge is 2.26. The molecule has 0 bridgehead atoms. The summed E-state index contributed by atoms with van der Waals surface area (Å²) in [4.78, 5) is 12.6. The minimum atomic E-state index is -3.52. The van der Waals surface area contributed by atoms with Crippen molar-refractivity contribution in [2.75, 3.05) is 14.1 Å². The summed E-state index contributed by atoms with van der Waals surface area (Å²) >= 11 is 0. The second-order valence-corrected chi connectivity index (χ2v) is 4.63. The van der Waals surface area contributed by atoms with Gasteiger partial charge in [-0.15, -0.1) is 0 Å². The van der Waals surface area contributed by atoms with E-state index >= 15 is 0 Å². The molecule has 1 rings (SSSR count). The second-order valence-electron chi connectivity index (χ2n) is 2.83. The Hall–Kier alpha value is -1.30. The first kappa shape index (κ1) is 9.79. The molecular formula is C7H10N2O3S. The van der Waals surface area contributed by atoms with Gasteiger partial charge in [-0.25, -0.2) is 8.42 Å². The summed E-state index contributed by atoms with van der Waals surface area (Å²) in [5.74, 6) is -0.408. The lowest BCUT2D eigenvalue weighted by Crippen LogP contribution is -2.25. The molecule has 0 aromatic rings. The number of hydrogen-bond acceptors (Lipinski definition) is 4. The van der Waals surface area contributed by atoms with Gasteiger partial charge in [0.25, 0.3) is 5.91 Å². The highest BCUT2D eigenvalue weighted by atomic mass is 32.2. The summed E-state index contributed by atoms with van der Waals surface area (Å²) in [7, 11) is -0.465. The van der Waals surface area contributed by atoms with Crippen LogP contribution in [0.15, 0.2) is 22.1 Å². The molecule has 0 radical (unpaired) electrons. The average Bonchev–Trinajstić information content (AvgIpc) is 2.27. The lowest BCUT2D eigenvalue weighted by molar-refractivity contribution is -0.124. The van der Waals surface area contributed by atoms with Crippen LogP contribution in [0.5, 0.6) is 0 Å². The predicted octanol–water partition coefficient (Wildman–Crippen LogP) is -0.813. The fourth-order valence-corrected chi connectivity index (χ4v) is 1.81. The summed E-state index contributed by atoms with van der Waals surface area (Å²) in [6.45, 7) is 0. The molecule has 0 unspecified atom stereocenters. The molecule has 1 aliphatic rings. The first-order chi connectivity index (χ1) is 5.86. The largest absolute Gasteiger partial charge is 0.389 e. The summed E-state index contributed by atoms with van der Waals surface area (Å²) in [5, 5.41) is 0.560. The van der Waals surface area contributed by atoms with Gasteiger partial charge >= 0.3 is 0 Å². The number of carbonyl (C=O) groups excluding carboxylic acids is 1. The molecule has 5 nitrogen and oxygen atoms in total. The van der Waals surface area contributed by atoms with Crippen molar-refractivity contribution in [3.8, 4) is 0 Å². The van der Waals surface area contributed by atoms with Crippen LogP contribution >= 0.6 is 0 Å². The zero-order chi connectivity index (χ0) is 10.2. The Bertz CT molecular complexity index is 403. The summed E-state index contributed by atoms with van der Waals surface area (Å²) in [5.41, 5.74) is 5.31. The molecule has 0 aromatic carbocycles. The van der Waals surface area contributed by atoms with E-state index in [1.165, 1.54) is 25.1 Å². The van der Waals surface area contributed by atoms with Crippen molar-refractivity contribution in [3.05, 3.63) is 22.1 Å². The second kappa shape index (κ2) is 2.88. The van der Waals surface area contributed by atoms with Gasteiger partial charge in [0.05, 0.1) is 5.57 Å². The normalized spacial score (nSPS) is 19.2. The van der Waals surface area contributed by atoms with Crippen molar-refractivity contribution in [1.29, 1.82) is 0 Å². The minimum Gasteiger partial charge on any atom is -0.389 e. The van der Waals surface area contributed by atoms with Crippen LogP contribution < -0.4 is 5.73 Å². The van der Waals surface area contributed by atoms with E-state index in [1.54, 1.807) is 0 Å². The van der Waals surface area contributed by atoms with Gasteiger partial charge in [-0.3, -0.25) is 4.79 Å². The van der Waals surface area contributed by atoms with E-state index in [2.05, 4.69) is 0 Å². The number of hydrogen-bond donors (Lipinski definition) is 1. The molecule has 0 saturated heterocycles. The molecule has 2 N–H and O–H groups in total. The van der Waals surface area contributed by atoms with E-state index in [0.717, 1.165) is 5.41 Å². The van der Waals surface area contributed by atoms with Crippen LogP contribution in [0.3, 0.4) is 0 Å². The molecule has 1 heterocycles. The fraction of sp³-hybridized carbons (Fsp3) is 0.286. The molecule has 1 amide bonds. The zero-order valence-electron chi connectivity index (χ0n) is 7.31. The Kier molecular flexibility index (Phi) is 2.17. The van der Waals surface area contributed by atoms with E-state index in [4.69, 9.17) is 5.73 Å². The minimum absolute atomic E-state index is 0.0324. The maximum absolute atomic E-state index is 11.3. The van der Waals surface area contributed by atoms with E-state index in [1.807, 2.05) is 0 Å². The van der Waals surface area contributed by atoms with Gasteiger partial charge < -0.3 is 10.6 Å². The van der Waals surface area contributed by atoms with Gasteiger partial charge in [-0.1, -0.05) is 0 Å². The van der Waals surface area contributed by atoms with Crippen molar-refractivity contribution in [2.45, 2.75) is 0 Å². The SMILES string of the molecule is CN(C)C(=O)C1=C(N)S(=O)(=O)C=C1. The van der Waals surface area contributed by atoms with Gasteiger partial charge in [-0.05, 0) is 6.08 Å². The first-order valence-electron chi connectivity index (χ1n) is 3.51. The van der Waals surface area contributed by atoms with Crippen molar-refractivity contribution in [2.24, 2.45) is 5.73 Å². The van der Waals surface area contributed by atoms with Crippen LogP contribution in [0.4, 0.5) is 0 Å². The Morgan fingerprint density at radius 2 is 2.00 bits per heavy atom. The van der Waals surface area contributed by atoms with Gasteiger partial charge in [0.2, 0.25) is 9.84 Å². The Balaban J connectivity index is 3.18. The zero-order valence-corrected chi connectivity index (χ0v) is 8.13. The standard InChI is InChI=1S/C7H10N2O3S/c1-9(2)7(10)5-3-4-13(11,12)6(5)8/h3-4H,8H2,1-2H3. The number of sulfone groups is 1. The summed E-state index contributed by atoms with van der Waals surface area (Å²) in [6, 6.07) is 0. The van der Waals surface area contributed by atoms with Crippen molar-refractivity contribution in [1.82, 2.24) is 4.90 Å². The molecule has 0 atom stereocenters. The summed E-state index contributed by atoms with van der Waals surface area (Å²) < 4.78 is 22.1. The molecule has 0 aliphatic carbocycles. The first-order valence-corrected chi connectivity index (χ1v) is 5.05. The number of rotatable bonds is 1. The molecule has 0 saturated carbocycles. The smallest absolute Gasteiger partial charge is 0.256 e. The number of nitrogens with two attached hydrogens (primary N) is 1. The van der Waals surface area contributed by atoms with Gasteiger partial charge in [0.1, 0.15) is 5.03 Å². The predicted molar refractivity (Wildman–Crippen MR) is 48.0 cm³/mol. The van der Waals surface area contributed by atoms with Gasteiger partial charge in [0, 0.05) is 19.5 Å². The lowest BCUT2D eigenvalue weighted by atomic mass is 10.2. The van der Waals surface area contributed by atoms with Gasteiger partial charge in [0.15, 0.2) is 0 Å². The Labute approximate surface area is 76.4 Å². The topological polar surface area (TPSA) is 80.5 Å². The third kappa shape index (κ3) is 1.57. The third-order valence-electron chi connectivity index (χ3n) is 1.62. The van der Waals surface area contributed by atoms with E-state index in [-0.39, 0.29) is 10.6 Å². The molecule has 0 spiro atoms. The van der Waals surface area contributed by atoms with Crippen LogP contribution in [-0.2, 0) is 14.6 Å². The molecule has 13 heavy (non-hydrogen) atoms. The molecule has 72 valence electrons. The fourth-order valence-electron chi connectivity index (χ4n) is 0.884. The maximum Gasteiger partial charge on any atom is 0.256 e. The number of carbonyl (C=O) groups is 1. The number of likely N-dealkylation sites (N-methyl/N-ethyl adjacent to an activating group) is 1. The molecular weight excluding hydrogens is 192 g/mol. The Morgan fingerprint density at radius 3 is 2.31 bits per heavy atom. The highest BCUT2D eigenvalue weighted by Crippen LogP contribution is 2.19.